The minimum Gasteiger partial charge on any atom is -0.300 e. The average molecular weight is 274 g/mol. The molecule has 0 unspecified atom stereocenters. The van der Waals surface area contributed by atoms with Gasteiger partial charge in [-0.2, -0.15) is 0 Å². The van der Waals surface area contributed by atoms with Crippen LogP contribution in [0.25, 0.3) is 0 Å². The van der Waals surface area contributed by atoms with Crippen molar-refractivity contribution in [2.75, 3.05) is 4.90 Å². The van der Waals surface area contributed by atoms with Crippen LogP contribution < -0.4 is 4.90 Å². The molecule has 1 aliphatic rings. The summed E-state index contributed by atoms with van der Waals surface area (Å²) in [6.45, 7) is 0.0798. The number of carbonyl (C=O) groups is 2. The number of ketones is 1. The smallest absolute Gasteiger partial charge is 0.299 e. The number of hydrogen-bond donors (Lipinski definition) is 0. The Balaban J connectivity index is 2.04. The summed E-state index contributed by atoms with van der Waals surface area (Å²) in [5, 5.41) is 0. The Morgan fingerprint density at radius 3 is 2.60 bits per heavy atom. The van der Waals surface area contributed by atoms with E-state index in [1.54, 1.807) is 18.3 Å². The van der Waals surface area contributed by atoms with Gasteiger partial charge in [-0.15, -0.1) is 0 Å². The molecule has 2 heterocycles. The molecule has 100 valence electrons. The van der Waals surface area contributed by atoms with Gasteiger partial charge in [-0.05, 0) is 17.7 Å². The van der Waals surface area contributed by atoms with Crippen LogP contribution >= 0.6 is 0 Å². The molecule has 0 N–H and O–H groups in total. The number of carbonyl (C=O) groups excluding carboxylic acids is 2. The van der Waals surface area contributed by atoms with Crippen LogP contribution in [-0.2, 0) is 11.3 Å². The molecule has 4 nitrogen and oxygen atoms in total. The number of hydrogen-bond acceptors (Lipinski definition) is 3. The minimum atomic E-state index is -1.15. The van der Waals surface area contributed by atoms with Crippen LogP contribution in [-0.4, -0.2) is 16.7 Å². The van der Waals surface area contributed by atoms with E-state index < -0.39 is 23.3 Å². The molecular weight excluding hydrogens is 266 g/mol. The van der Waals surface area contributed by atoms with Crippen LogP contribution in [0.1, 0.15) is 15.9 Å². The zero-order chi connectivity index (χ0) is 14.3. The van der Waals surface area contributed by atoms with E-state index in [0.717, 1.165) is 17.0 Å². The van der Waals surface area contributed by atoms with Crippen molar-refractivity contribution in [2.24, 2.45) is 0 Å². The van der Waals surface area contributed by atoms with Gasteiger partial charge in [0.15, 0.2) is 11.6 Å². The fourth-order valence-electron chi connectivity index (χ4n) is 2.12. The predicted octanol–water partition coefficient (Wildman–Crippen LogP) is 2.09. The first-order valence-corrected chi connectivity index (χ1v) is 5.82. The molecule has 0 aliphatic carbocycles. The SMILES string of the molecule is O=C1C(=O)N(Cc2cccnc2)c2cc(F)c(F)cc21. The largest absolute Gasteiger partial charge is 0.300 e. The normalized spacial score (nSPS) is 13.8. The number of amides is 1. The van der Waals surface area contributed by atoms with Gasteiger partial charge in [-0.1, -0.05) is 6.07 Å². The highest BCUT2D eigenvalue weighted by molar-refractivity contribution is 6.52. The summed E-state index contributed by atoms with van der Waals surface area (Å²) >= 11 is 0. The molecule has 1 aromatic carbocycles. The topological polar surface area (TPSA) is 50.3 Å². The molecule has 1 aromatic heterocycles. The lowest BCUT2D eigenvalue weighted by molar-refractivity contribution is -0.114. The van der Waals surface area contributed by atoms with E-state index in [-0.39, 0.29) is 17.8 Å². The fraction of sp³-hybridized carbons (Fsp3) is 0.0714. The summed E-state index contributed by atoms with van der Waals surface area (Å²) in [4.78, 5) is 28.7. The highest BCUT2D eigenvalue weighted by Gasteiger charge is 2.37. The summed E-state index contributed by atoms with van der Waals surface area (Å²) in [7, 11) is 0. The monoisotopic (exact) mass is 274 g/mol. The van der Waals surface area contributed by atoms with Crippen molar-refractivity contribution in [3.05, 3.63) is 59.4 Å². The van der Waals surface area contributed by atoms with Crippen molar-refractivity contribution < 1.29 is 18.4 Å². The third-order valence-corrected chi connectivity index (χ3v) is 3.08. The molecule has 0 bridgehead atoms. The average Bonchev–Trinajstić information content (AvgIpc) is 2.66. The quantitative estimate of drug-likeness (QED) is 0.788. The molecule has 6 heteroatoms. The summed E-state index contributed by atoms with van der Waals surface area (Å²) < 4.78 is 26.5. The Bertz CT molecular complexity index is 717. The third-order valence-electron chi connectivity index (χ3n) is 3.08. The molecule has 0 saturated carbocycles. The third kappa shape index (κ3) is 1.85. The molecule has 3 rings (SSSR count). The van der Waals surface area contributed by atoms with Gasteiger partial charge in [-0.3, -0.25) is 14.6 Å². The van der Waals surface area contributed by atoms with Gasteiger partial charge in [0.05, 0.1) is 17.8 Å². The standard InChI is InChI=1S/C14H8F2N2O2/c15-10-4-9-12(5-11(10)16)18(14(20)13(9)19)7-8-2-1-3-17-6-8/h1-6H,7H2. The van der Waals surface area contributed by atoms with Crippen LogP contribution in [0.5, 0.6) is 0 Å². The van der Waals surface area contributed by atoms with Crippen LogP contribution in [0, 0.1) is 11.6 Å². The number of Topliss-reactive ketones (excluding diaryl/α,β-unsaturated/α-hetero) is 1. The maximum Gasteiger partial charge on any atom is 0.299 e. The molecule has 2 aromatic rings. The van der Waals surface area contributed by atoms with Crippen molar-refractivity contribution in [2.45, 2.75) is 6.54 Å². The Morgan fingerprint density at radius 1 is 1.15 bits per heavy atom. The first-order chi connectivity index (χ1) is 9.58. The molecule has 0 spiro atoms. The molecule has 0 radical (unpaired) electrons. The summed E-state index contributed by atoms with van der Waals surface area (Å²) in [6.07, 6.45) is 3.11. The van der Waals surface area contributed by atoms with E-state index in [1.165, 1.54) is 6.20 Å². The molecule has 0 fully saturated rings. The van der Waals surface area contributed by atoms with E-state index in [4.69, 9.17) is 0 Å². The zero-order valence-corrected chi connectivity index (χ0v) is 10.1. The Labute approximate surface area is 112 Å². The second kappa shape index (κ2) is 4.48. The zero-order valence-electron chi connectivity index (χ0n) is 10.1. The second-order valence-corrected chi connectivity index (χ2v) is 4.37. The van der Waals surface area contributed by atoms with Crippen molar-refractivity contribution in [3.8, 4) is 0 Å². The van der Waals surface area contributed by atoms with E-state index in [9.17, 15) is 18.4 Å². The number of halogens is 2. The summed E-state index contributed by atoms with van der Waals surface area (Å²) in [6, 6.07) is 5.03. The first kappa shape index (κ1) is 12.4. The number of rotatable bonds is 2. The number of benzene rings is 1. The van der Waals surface area contributed by atoms with Crippen LogP contribution in [0.4, 0.5) is 14.5 Å². The van der Waals surface area contributed by atoms with Gasteiger partial charge in [0.1, 0.15) is 0 Å². The van der Waals surface area contributed by atoms with Crippen molar-refractivity contribution >= 4 is 17.4 Å². The maximum atomic E-state index is 13.3. The Kier molecular flexibility index (Phi) is 2.78. The van der Waals surface area contributed by atoms with E-state index >= 15 is 0 Å². The molecule has 1 amide bonds. The van der Waals surface area contributed by atoms with Crippen LogP contribution in [0.15, 0.2) is 36.7 Å². The second-order valence-electron chi connectivity index (χ2n) is 4.37. The molecule has 0 saturated heterocycles. The highest BCUT2D eigenvalue weighted by atomic mass is 19.2. The highest BCUT2D eigenvalue weighted by Crippen LogP contribution is 2.32. The lowest BCUT2D eigenvalue weighted by atomic mass is 10.1. The van der Waals surface area contributed by atoms with Crippen molar-refractivity contribution in [1.82, 2.24) is 4.98 Å². The van der Waals surface area contributed by atoms with Crippen molar-refractivity contribution in [3.63, 3.8) is 0 Å². The number of anilines is 1. The minimum absolute atomic E-state index is 0.0798. The number of aromatic nitrogens is 1. The van der Waals surface area contributed by atoms with Gasteiger partial charge in [-0.25, -0.2) is 8.78 Å². The Morgan fingerprint density at radius 2 is 1.90 bits per heavy atom. The van der Waals surface area contributed by atoms with Gasteiger partial charge in [0, 0.05) is 18.5 Å². The number of nitrogens with zero attached hydrogens (tertiary/aromatic N) is 2. The first-order valence-electron chi connectivity index (χ1n) is 5.82. The maximum absolute atomic E-state index is 13.3. The fourth-order valence-corrected chi connectivity index (χ4v) is 2.12. The van der Waals surface area contributed by atoms with E-state index in [0.29, 0.717) is 5.56 Å². The van der Waals surface area contributed by atoms with Crippen LogP contribution in [0.2, 0.25) is 0 Å². The van der Waals surface area contributed by atoms with Crippen LogP contribution in [0.3, 0.4) is 0 Å². The van der Waals surface area contributed by atoms with Gasteiger partial charge < -0.3 is 4.90 Å². The Hall–Kier alpha value is -2.63. The van der Waals surface area contributed by atoms with E-state index in [2.05, 4.69) is 4.98 Å². The number of fused-ring (bicyclic) bond motifs is 1. The molecular formula is C14H8F2N2O2. The number of pyridine rings is 1. The molecule has 20 heavy (non-hydrogen) atoms. The lowest BCUT2D eigenvalue weighted by Gasteiger charge is -2.16. The summed E-state index contributed by atoms with van der Waals surface area (Å²) in [5.41, 5.74) is 0.659. The van der Waals surface area contributed by atoms with Gasteiger partial charge in [0.25, 0.3) is 11.7 Å². The molecule has 1 aliphatic heterocycles. The van der Waals surface area contributed by atoms with Gasteiger partial charge in [0.2, 0.25) is 0 Å². The summed E-state index contributed by atoms with van der Waals surface area (Å²) in [5.74, 6) is -3.87. The predicted molar refractivity (Wildman–Crippen MR) is 66.1 cm³/mol. The van der Waals surface area contributed by atoms with Gasteiger partial charge >= 0.3 is 0 Å². The van der Waals surface area contributed by atoms with Crippen molar-refractivity contribution in [1.29, 1.82) is 0 Å². The molecule has 0 atom stereocenters. The lowest BCUT2D eigenvalue weighted by Crippen LogP contribution is -2.29. The van der Waals surface area contributed by atoms with E-state index in [1.807, 2.05) is 0 Å².